The quantitative estimate of drug-likeness (QED) is 0.747. The number of rotatable bonds is 3. The molecule has 0 aliphatic rings. The van der Waals surface area contributed by atoms with Crippen LogP contribution in [0.5, 0.6) is 0 Å². The lowest BCUT2D eigenvalue weighted by Crippen LogP contribution is -2.09. The first-order valence-electron chi connectivity index (χ1n) is 4.80. The van der Waals surface area contributed by atoms with Crippen LogP contribution in [0.3, 0.4) is 0 Å². The van der Waals surface area contributed by atoms with Gasteiger partial charge in [0.2, 0.25) is 5.89 Å². The molecule has 0 unspecified atom stereocenters. The Kier molecular flexibility index (Phi) is 2.77. The fraction of sp³-hybridized carbons (Fsp3) is 0.333. The van der Waals surface area contributed by atoms with Crippen molar-refractivity contribution in [2.75, 3.05) is 12.8 Å². The molecule has 0 saturated heterocycles. The third-order valence-corrected chi connectivity index (χ3v) is 2.14. The second-order valence-electron chi connectivity index (χ2n) is 3.33. The Morgan fingerprint density at radius 3 is 3.00 bits per heavy atom. The highest BCUT2D eigenvalue weighted by Crippen LogP contribution is 2.12. The van der Waals surface area contributed by atoms with Gasteiger partial charge >= 0.3 is 5.97 Å². The summed E-state index contributed by atoms with van der Waals surface area (Å²) in [6.07, 6.45) is 1.42. The summed E-state index contributed by atoms with van der Waals surface area (Å²) >= 11 is 0. The van der Waals surface area contributed by atoms with E-state index in [1.165, 1.54) is 18.0 Å². The maximum atomic E-state index is 11.3. The monoisotopic (exact) mass is 237 g/mol. The van der Waals surface area contributed by atoms with Crippen LogP contribution in [0, 0.1) is 6.92 Å². The number of carbonyl (C=O) groups is 1. The molecular formula is C9H11N5O3. The summed E-state index contributed by atoms with van der Waals surface area (Å²) in [5.74, 6) is 0.555. The molecule has 0 atom stereocenters. The molecule has 0 aromatic carbocycles. The molecule has 0 radical (unpaired) electrons. The minimum absolute atomic E-state index is 0.0766. The predicted octanol–water partition coefficient (Wildman–Crippen LogP) is -0.00838. The summed E-state index contributed by atoms with van der Waals surface area (Å²) in [7, 11) is 1.27. The van der Waals surface area contributed by atoms with E-state index < -0.39 is 5.97 Å². The van der Waals surface area contributed by atoms with Crippen LogP contribution in [0.2, 0.25) is 0 Å². The van der Waals surface area contributed by atoms with Crippen molar-refractivity contribution < 1.29 is 14.1 Å². The van der Waals surface area contributed by atoms with Gasteiger partial charge in [0, 0.05) is 6.92 Å². The second-order valence-corrected chi connectivity index (χ2v) is 3.33. The Labute approximate surface area is 96.4 Å². The van der Waals surface area contributed by atoms with Crippen LogP contribution in [0.15, 0.2) is 10.9 Å². The first-order valence-corrected chi connectivity index (χ1v) is 4.80. The van der Waals surface area contributed by atoms with Gasteiger partial charge in [-0.2, -0.15) is 4.98 Å². The van der Waals surface area contributed by atoms with Crippen LogP contribution in [-0.2, 0) is 11.3 Å². The lowest BCUT2D eigenvalue weighted by atomic mass is 10.4. The number of carbonyl (C=O) groups excluding carboxylic acids is 1. The molecule has 0 saturated carbocycles. The standard InChI is InChI=1S/C9H11N5O3/c1-5-12-6(13-17-5)3-14-4-11-7(8(14)10)9(15)16-2/h4H,3,10H2,1-2H3. The number of nitrogens with zero attached hydrogens (tertiary/aromatic N) is 4. The van der Waals surface area contributed by atoms with Crippen LogP contribution in [0.4, 0.5) is 5.82 Å². The molecule has 0 bridgehead atoms. The first-order chi connectivity index (χ1) is 8.11. The van der Waals surface area contributed by atoms with E-state index in [1.54, 1.807) is 6.92 Å². The Hall–Kier alpha value is -2.38. The molecule has 0 aliphatic heterocycles. The fourth-order valence-electron chi connectivity index (χ4n) is 1.33. The SMILES string of the molecule is COC(=O)c1ncn(Cc2noc(C)n2)c1N. The van der Waals surface area contributed by atoms with Gasteiger partial charge in [-0.1, -0.05) is 5.16 Å². The number of hydrogen-bond donors (Lipinski definition) is 1. The molecule has 8 heteroatoms. The lowest BCUT2D eigenvalue weighted by Gasteiger charge is -2.01. The van der Waals surface area contributed by atoms with E-state index >= 15 is 0 Å². The minimum atomic E-state index is -0.578. The van der Waals surface area contributed by atoms with Gasteiger partial charge in [0.05, 0.1) is 20.0 Å². The van der Waals surface area contributed by atoms with E-state index in [9.17, 15) is 4.79 Å². The molecular weight excluding hydrogens is 226 g/mol. The third kappa shape index (κ3) is 2.10. The number of methoxy groups -OCH3 is 1. The molecule has 2 heterocycles. The largest absolute Gasteiger partial charge is 0.464 e. The Bertz CT molecular complexity index is 545. The zero-order valence-electron chi connectivity index (χ0n) is 9.38. The maximum absolute atomic E-state index is 11.3. The van der Waals surface area contributed by atoms with Gasteiger partial charge in [0.25, 0.3) is 0 Å². The molecule has 2 aromatic heterocycles. The van der Waals surface area contributed by atoms with E-state index in [2.05, 4.69) is 19.9 Å². The summed E-state index contributed by atoms with van der Waals surface area (Å²) in [6, 6.07) is 0. The number of aromatic nitrogens is 4. The topological polar surface area (TPSA) is 109 Å². The average Bonchev–Trinajstić information content (AvgIpc) is 2.87. The van der Waals surface area contributed by atoms with Crippen molar-refractivity contribution in [3.63, 3.8) is 0 Å². The summed E-state index contributed by atoms with van der Waals surface area (Å²) in [5.41, 5.74) is 5.82. The molecule has 8 nitrogen and oxygen atoms in total. The molecule has 2 aromatic rings. The molecule has 0 amide bonds. The predicted molar refractivity (Wildman–Crippen MR) is 56.1 cm³/mol. The Morgan fingerprint density at radius 1 is 1.65 bits per heavy atom. The molecule has 0 fully saturated rings. The van der Waals surface area contributed by atoms with Crippen LogP contribution in [-0.4, -0.2) is 32.8 Å². The van der Waals surface area contributed by atoms with Crippen molar-refractivity contribution in [1.82, 2.24) is 19.7 Å². The molecule has 0 spiro atoms. The highest BCUT2D eigenvalue weighted by Gasteiger charge is 2.17. The number of imidazole rings is 1. The van der Waals surface area contributed by atoms with E-state index in [-0.39, 0.29) is 18.1 Å². The van der Waals surface area contributed by atoms with Crippen molar-refractivity contribution in [3.8, 4) is 0 Å². The number of anilines is 1. The normalized spacial score (nSPS) is 10.5. The van der Waals surface area contributed by atoms with E-state index in [1.807, 2.05) is 0 Å². The number of hydrogen-bond acceptors (Lipinski definition) is 7. The van der Waals surface area contributed by atoms with Gasteiger partial charge in [0.1, 0.15) is 5.82 Å². The molecule has 0 aliphatic carbocycles. The third-order valence-electron chi connectivity index (χ3n) is 2.14. The number of esters is 1. The van der Waals surface area contributed by atoms with E-state index in [0.29, 0.717) is 11.7 Å². The molecule has 2 rings (SSSR count). The highest BCUT2D eigenvalue weighted by atomic mass is 16.5. The van der Waals surface area contributed by atoms with Crippen molar-refractivity contribution >= 4 is 11.8 Å². The maximum Gasteiger partial charge on any atom is 0.360 e. The van der Waals surface area contributed by atoms with Gasteiger partial charge in [-0.05, 0) is 0 Å². The van der Waals surface area contributed by atoms with Crippen LogP contribution in [0.25, 0.3) is 0 Å². The second kappa shape index (κ2) is 4.24. The molecule has 2 N–H and O–H groups in total. The van der Waals surface area contributed by atoms with Crippen LogP contribution in [0.1, 0.15) is 22.2 Å². The molecule has 17 heavy (non-hydrogen) atoms. The smallest absolute Gasteiger partial charge is 0.360 e. The average molecular weight is 237 g/mol. The number of aryl methyl sites for hydroxylation is 1. The first kappa shape index (κ1) is 11.1. The zero-order valence-corrected chi connectivity index (χ0v) is 9.38. The van der Waals surface area contributed by atoms with Gasteiger partial charge in [-0.25, -0.2) is 9.78 Å². The van der Waals surface area contributed by atoms with Crippen molar-refractivity contribution in [1.29, 1.82) is 0 Å². The number of ether oxygens (including phenoxy) is 1. The van der Waals surface area contributed by atoms with E-state index in [4.69, 9.17) is 10.3 Å². The van der Waals surface area contributed by atoms with Gasteiger partial charge in [-0.3, -0.25) is 0 Å². The highest BCUT2D eigenvalue weighted by molar-refractivity contribution is 5.92. The summed E-state index contributed by atoms with van der Waals surface area (Å²) in [5, 5.41) is 3.72. The Balaban J connectivity index is 2.23. The number of nitrogens with two attached hydrogens (primary N) is 1. The van der Waals surface area contributed by atoms with Crippen molar-refractivity contribution in [2.45, 2.75) is 13.5 Å². The zero-order chi connectivity index (χ0) is 12.4. The summed E-state index contributed by atoms with van der Waals surface area (Å²) < 4.78 is 10.9. The van der Waals surface area contributed by atoms with Gasteiger partial charge < -0.3 is 19.6 Å². The Morgan fingerprint density at radius 2 is 2.41 bits per heavy atom. The fourth-order valence-corrected chi connectivity index (χ4v) is 1.33. The van der Waals surface area contributed by atoms with Crippen LogP contribution >= 0.6 is 0 Å². The number of nitrogen functional groups attached to an aromatic ring is 1. The van der Waals surface area contributed by atoms with Crippen LogP contribution < -0.4 is 5.73 Å². The summed E-state index contributed by atoms with van der Waals surface area (Å²) in [6.45, 7) is 1.97. The summed E-state index contributed by atoms with van der Waals surface area (Å²) in [4.78, 5) is 19.2. The van der Waals surface area contributed by atoms with Crippen molar-refractivity contribution in [3.05, 3.63) is 23.7 Å². The molecule has 90 valence electrons. The van der Waals surface area contributed by atoms with E-state index in [0.717, 1.165) is 0 Å². The van der Waals surface area contributed by atoms with Gasteiger partial charge in [0.15, 0.2) is 11.5 Å². The lowest BCUT2D eigenvalue weighted by molar-refractivity contribution is 0.0596. The van der Waals surface area contributed by atoms with Gasteiger partial charge in [-0.15, -0.1) is 0 Å². The minimum Gasteiger partial charge on any atom is -0.464 e. The van der Waals surface area contributed by atoms with Crippen molar-refractivity contribution in [2.24, 2.45) is 0 Å².